The van der Waals surface area contributed by atoms with Crippen LogP contribution >= 0.6 is 0 Å². The number of fused-ring (bicyclic) bond motifs is 2. The lowest BCUT2D eigenvalue weighted by molar-refractivity contribution is 0.648. The van der Waals surface area contributed by atoms with E-state index in [-0.39, 0.29) is 0 Å². The Morgan fingerprint density at radius 3 is 2.50 bits per heavy atom. The topological polar surface area (TPSA) is 12.9 Å². The average molecular weight is 235 g/mol. The second-order valence-corrected chi connectivity index (χ2v) is 5.31. The van der Waals surface area contributed by atoms with Gasteiger partial charge in [-0.15, -0.1) is 0 Å². The fraction of sp³-hybridized carbons (Fsp3) is 0.235. The first-order valence-corrected chi connectivity index (χ1v) is 6.51. The number of aromatic nitrogens is 1. The highest BCUT2D eigenvalue weighted by Crippen LogP contribution is 2.21. The highest BCUT2D eigenvalue weighted by atomic mass is 14.7. The maximum atomic E-state index is 4.75. The van der Waals surface area contributed by atoms with Gasteiger partial charge < -0.3 is 0 Å². The standard InChI is InChI=1S/C17H17N/c1-12(2)9-13-7-8-15-11-14-5-3-4-6-16(14)18-17(15)10-13/h3-8,10-12H,9H2,1-2H3. The van der Waals surface area contributed by atoms with Gasteiger partial charge in [-0.25, -0.2) is 4.98 Å². The molecule has 1 aromatic heterocycles. The van der Waals surface area contributed by atoms with E-state index in [1.54, 1.807) is 0 Å². The van der Waals surface area contributed by atoms with Crippen LogP contribution in [0.4, 0.5) is 0 Å². The van der Waals surface area contributed by atoms with Gasteiger partial charge in [-0.05, 0) is 36.1 Å². The number of rotatable bonds is 2. The predicted octanol–water partition coefficient (Wildman–Crippen LogP) is 4.59. The molecule has 1 nitrogen and oxygen atoms in total. The van der Waals surface area contributed by atoms with Gasteiger partial charge in [0.15, 0.2) is 0 Å². The van der Waals surface area contributed by atoms with E-state index < -0.39 is 0 Å². The third kappa shape index (κ3) is 2.08. The quantitative estimate of drug-likeness (QED) is 0.592. The Bertz CT molecular complexity index is 698. The van der Waals surface area contributed by atoms with Crippen molar-refractivity contribution < 1.29 is 0 Å². The van der Waals surface area contributed by atoms with Crippen molar-refractivity contribution in [1.82, 2.24) is 4.98 Å². The molecule has 2 aromatic carbocycles. The Labute approximate surface area is 107 Å². The third-order valence-corrected chi connectivity index (χ3v) is 3.23. The minimum Gasteiger partial charge on any atom is -0.248 e. The largest absolute Gasteiger partial charge is 0.248 e. The average Bonchev–Trinajstić information content (AvgIpc) is 2.35. The number of nitrogens with zero attached hydrogens (tertiary/aromatic N) is 1. The van der Waals surface area contributed by atoms with Crippen molar-refractivity contribution in [2.75, 3.05) is 0 Å². The van der Waals surface area contributed by atoms with Crippen LogP contribution < -0.4 is 0 Å². The van der Waals surface area contributed by atoms with Crippen molar-refractivity contribution in [1.29, 1.82) is 0 Å². The summed E-state index contributed by atoms with van der Waals surface area (Å²) in [5, 5.41) is 2.43. The molecule has 0 unspecified atom stereocenters. The van der Waals surface area contributed by atoms with Crippen LogP contribution in [0.5, 0.6) is 0 Å². The first-order valence-electron chi connectivity index (χ1n) is 6.51. The molecular formula is C17H17N. The first kappa shape index (κ1) is 11.2. The molecule has 0 amide bonds. The van der Waals surface area contributed by atoms with Crippen molar-refractivity contribution >= 4 is 21.8 Å². The molecule has 0 bridgehead atoms. The van der Waals surface area contributed by atoms with Crippen LogP contribution in [0.25, 0.3) is 21.8 Å². The molecular weight excluding hydrogens is 218 g/mol. The maximum absolute atomic E-state index is 4.75. The second-order valence-electron chi connectivity index (χ2n) is 5.31. The molecule has 0 aliphatic carbocycles. The maximum Gasteiger partial charge on any atom is 0.0712 e. The van der Waals surface area contributed by atoms with Crippen molar-refractivity contribution in [2.45, 2.75) is 20.3 Å². The van der Waals surface area contributed by atoms with Crippen LogP contribution in [-0.4, -0.2) is 4.98 Å². The Kier molecular flexibility index (Phi) is 2.75. The Hall–Kier alpha value is -1.89. The Morgan fingerprint density at radius 2 is 1.67 bits per heavy atom. The van der Waals surface area contributed by atoms with E-state index >= 15 is 0 Å². The number of hydrogen-bond acceptors (Lipinski definition) is 1. The molecule has 18 heavy (non-hydrogen) atoms. The summed E-state index contributed by atoms with van der Waals surface area (Å²) in [7, 11) is 0. The predicted molar refractivity (Wildman–Crippen MR) is 77.8 cm³/mol. The summed E-state index contributed by atoms with van der Waals surface area (Å²) in [6.45, 7) is 4.50. The summed E-state index contributed by atoms with van der Waals surface area (Å²) in [5.41, 5.74) is 3.55. The molecule has 0 aliphatic heterocycles. The summed E-state index contributed by atoms with van der Waals surface area (Å²) in [6, 6.07) is 17.1. The normalized spacial score (nSPS) is 11.5. The lowest BCUT2D eigenvalue weighted by Crippen LogP contribution is -1.94. The van der Waals surface area contributed by atoms with Crippen LogP contribution in [0.15, 0.2) is 48.5 Å². The van der Waals surface area contributed by atoms with Crippen molar-refractivity contribution in [3.8, 4) is 0 Å². The van der Waals surface area contributed by atoms with E-state index in [0.717, 1.165) is 17.5 Å². The molecule has 0 saturated carbocycles. The zero-order chi connectivity index (χ0) is 12.5. The zero-order valence-corrected chi connectivity index (χ0v) is 10.9. The van der Waals surface area contributed by atoms with E-state index in [1.165, 1.54) is 16.3 Å². The fourth-order valence-electron chi connectivity index (χ4n) is 2.42. The molecule has 0 N–H and O–H groups in total. The Morgan fingerprint density at radius 1 is 0.889 bits per heavy atom. The van der Waals surface area contributed by atoms with E-state index in [4.69, 9.17) is 4.98 Å². The molecule has 0 aliphatic rings. The molecule has 90 valence electrons. The van der Waals surface area contributed by atoms with Crippen LogP contribution in [0.3, 0.4) is 0 Å². The van der Waals surface area contributed by atoms with Gasteiger partial charge in [0.25, 0.3) is 0 Å². The molecule has 0 radical (unpaired) electrons. The SMILES string of the molecule is CC(C)Cc1ccc2cc3ccccc3nc2c1. The molecule has 1 heteroatoms. The molecule has 1 heterocycles. The highest BCUT2D eigenvalue weighted by Gasteiger charge is 2.02. The number of benzene rings is 2. The minimum absolute atomic E-state index is 0.683. The minimum atomic E-state index is 0.683. The summed E-state index contributed by atoms with van der Waals surface area (Å²) in [5.74, 6) is 0.683. The fourth-order valence-corrected chi connectivity index (χ4v) is 2.42. The molecule has 0 atom stereocenters. The monoisotopic (exact) mass is 235 g/mol. The molecule has 3 aromatic rings. The summed E-state index contributed by atoms with van der Waals surface area (Å²) < 4.78 is 0. The third-order valence-electron chi connectivity index (χ3n) is 3.23. The molecule has 3 rings (SSSR count). The van der Waals surface area contributed by atoms with Gasteiger partial charge in [-0.1, -0.05) is 44.2 Å². The van der Waals surface area contributed by atoms with Crippen molar-refractivity contribution in [3.63, 3.8) is 0 Å². The van der Waals surface area contributed by atoms with E-state index in [9.17, 15) is 0 Å². The van der Waals surface area contributed by atoms with Crippen molar-refractivity contribution in [2.24, 2.45) is 5.92 Å². The highest BCUT2D eigenvalue weighted by molar-refractivity contribution is 5.92. The van der Waals surface area contributed by atoms with Gasteiger partial charge in [0.1, 0.15) is 0 Å². The molecule has 0 saturated heterocycles. The number of pyridine rings is 1. The van der Waals surface area contributed by atoms with Gasteiger partial charge in [-0.2, -0.15) is 0 Å². The molecule has 0 fully saturated rings. The van der Waals surface area contributed by atoms with Gasteiger partial charge in [0.2, 0.25) is 0 Å². The van der Waals surface area contributed by atoms with Crippen LogP contribution in [-0.2, 0) is 6.42 Å². The van der Waals surface area contributed by atoms with E-state index in [2.05, 4.69) is 56.3 Å². The second kappa shape index (κ2) is 4.41. The van der Waals surface area contributed by atoms with Gasteiger partial charge in [0.05, 0.1) is 11.0 Å². The lowest BCUT2D eigenvalue weighted by Gasteiger charge is -2.07. The van der Waals surface area contributed by atoms with Gasteiger partial charge in [-0.3, -0.25) is 0 Å². The smallest absolute Gasteiger partial charge is 0.0712 e. The van der Waals surface area contributed by atoms with Gasteiger partial charge >= 0.3 is 0 Å². The summed E-state index contributed by atoms with van der Waals surface area (Å²) >= 11 is 0. The summed E-state index contributed by atoms with van der Waals surface area (Å²) in [6.07, 6.45) is 1.12. The van der Waals surface area contributed by atoms with Gasteiger partial charge in [0, 0.05) is 10.8 Å². The molecule has 0 spiro atoms. The van der Waals surface area contributed by atoms with Crippen molar-refractivity contribution in [3.05, 3.63) is 54.1 Å². The zero-order valence-electron chi connectivity index (χ0n) is 10.9. The number of para-hydroxylation sites is 1. The Balaban J connectivity index is 2.18. The van der Waals surface area contributed by atoms with Crippen LogP contribution in [0.1, 0.15) is 19.4 Å². The number of hydrogen-bond donors (Lipinski definition) is 0. The van der Waals surface area contributed by atoms with E-state index in [0.29, 0.717) is 5.92 Å². The first-order chi connectivity index (χ1) is 8.72. The van der Waals surface area contributed by atoms with Crippen LogP contribution in [0, 0.1) is 5.92 Å². The van der Waals surface area contributed by atoms with Crippen LogP contribution in [0.2, 0.25) is 0 Å². The van der Waals surface area contributed by atoms with E-state index in [1.807, 2.05) is 6.07 Å². The lowest BCUT2D eigenvalue weighted by atomic mass is 10.0. The summed E-state index contributed by atoms with van der Waals surface area (Å²) in [4.78, 5) is 4.75.